The van der Waals surface area contributed by atoms with E-state index in [0.717, 1.165) is 0 Å². The zero-order valence-electron chi connectivity index (χ0n) is 7.01. The molecular formula is C10H16O. The van der Waals surface area contributed by atoms with Gasteiger partial charge in [0.05, 0.1) is 12.2 Å². The van der Waals surface area contributed by atoms with Gasteiger partial charge in [-0.25, -0.2) is 0 Å². The highest BCUT2D eigenvalue weighted by Crippen LogP contribution is 2.57. The molecule has 1 nitrogen and oxygen atoms in total. The average molecular weight is 152 g/mol. The monoisotopic (exact) mass is 152 g/mol. The molecule has 3 aliphatic rings. The summed E-state index contributed by atoms with van der Waals surface area (Å²) in [6, 6.07) is 0. The van der Waals surface area contributed by atoms with Crippen molar-refractivity contribution in [2.45, 2.75) is 57.2 Å². The van der Waals surface area contributed by atoms with Gasteiger partial charge in [0.15, 0.2) is 0 Å². The van der Waals surface area contributed by atoms with Crippen LogP contribution in [0.15, 0.2) is 0 Å². The summed E-state index contributed by atoms with van der Waals surface area (Å²) in [5.41, 5.74) is 0.683. The van der Waals surface area contributed by atoms with Crippen molar-refractivity contribution in [1.82, 2.24) is 0 Å². The van der Waals surface area contributed by atoms with Crippen LogP contribution in [0.1, 0.15) is 44.9 Å². The van der Waals surface area contributed by atoms with Crippen LogP contribution in [-0.2, 0) is 4.74 Å². The van der Waals surface area contributed by atoms with Gasteiger partial charge in [0.2, 0.25) is 0 Å². The van der Waals surface area contributed by atoms with Gasteiger partial charge in [-0.15, -0.1) is 0 Å². The fourth-order valence-corrected chi connectivity index (χ4v) is 3.31. The molecule has 3 rings (SSSR count). The summed E-state index contributed by atoms with van der Waals surface area (Å²) in [5, 5.41) is 0. The van der Waals surface area contributed by atoms with Gasteiger partial charge in [0, 0.05) is 0 Å². The van der Waals surface area contributed by atoms with Gasteiger partial charge in [-0.1, -0.05) is 19.3 Å². The Morgan fingerprint density at radius 2 is 1.73 bits per heavy atom. The molecule has 0 aromatic heterocycles. The lowest BCUT2D eigenvalue weighted by Gasteiger charge is -2.29. The molecule has 0 radical (unpaired) electrons. The first-order valence-electron chi connectivity index (χ1n) is 5.06. The highest BCUT2D eigenvalue weighted by Gasteiger charge is 2.57. The number of epoxide rings is 1. The predicted octanol–water partition coefficient (Wildman–Crippen LogP) is 2.50. The molecule has 1 heteroatoms. The molecule has 1 heterocycles. The smallest absolute Gasteiger partial charge is 0.0897 e. The Labute approximate surface area is 68.1 Å². The van der Waals surface area contributed by atoms with Crippen LogP contribution in [0.2, 0.25) is 0 Å². The van der Waals surface area contributed by atoms with E-state index in [1.165, 1.54) is 44.9 Å². The molecule has 0 aromatic carbocycles. The van der Waals surface area contributed by atoms with Crippen molar-refractivity contribution >= 4 is 0 Å². The molecule has 1 saturated heterocycles. The van der Waals surface area contributed by atoms with Crippen LogP contribution in [-0.4, -0.2) is 12.2 Å². The van der Waals surface area contributed by atoms with Crippen molar-refractivity contribution in [2.24, 2.45) is 5.41 Å². The summed E-state index contributed by atoms with van der Waals surface area (Å²) in [6.45, 7) is 0. The van der Waals surface area contributed by atoms with E-state index in [1.54, 1.807) is 0 Å². The van der Waals surface area contributed by atoms with E-state index in [0.29, 0.717) is 17.6 Å². The van der Waals surface area contributed by atoms with Gasteiger partial charge in [-0.3, -0.25) is 0 Å². The zero-order valence-corrected chi connectivity index (χ0v) is 7.01. The first-order chi connectivity index (χ1) is 5.41. The van der Waals surface area contributed by atoms with Crippen molar-refractivity contribution in [3.05, 3.63) is 0 Å². The van der Waals surface area contributed by atoms with E-state index in [9.17, 15) is 0 Å². The molecule has 62 valence electrons. The third kappa shape index (κ3) is 0.807. The van der Waals surface area contributed by atoms with Crippen molar-refractivity contribution in [3.8, 4) is 0 Å². The Kier molecular flexibility index (Phi) is 1.18. The second kappa shape index (κ2) is 2.01. The third-order valence-corrected chi connectivity index (χ3v) is 3.95. The minimum atomic E-state index is 0.683. The van der Waals surface area contributed by atoms with Crippen LogP contribution >= 0.6 is 0 Å². The summed E-state index contributed by atoms with van der Waals surface area (Å²) < 4.78 is 5.72. The Bertz CT molecular complexity index is 170. The lowest BCUT2D eigenvalue weighted by atomic mass is 9.73. The molecule has 0 amide bonds. The van der Waals surface area contributed by atoms with Gasteiger partial charge >= 0.3 is 0 Å². The maximum Gasteiger partial charge on any atom is 0.0897 e. The normalized spacial score (nSPS) is 45.8. The molecule has 2 saturated carbocycles. The van der Waals surface area contributed by atoms with Crippen molar-refractivity contribution in [1.29, 1.82) is 0 Å². The minimum absolute atomic E-state index is 0.683. The van der Waals surface area contributed by atoms with Crippen LogP contribution in [0, 0.1) is 5.41 Å². The average Bonchev–Trinajstić information content (AvgIpc) is 2.68. The molecule has 2 atom stereocenters. The summed E-state index contributed by atoms with van der Waals surface area (Å²) >= 11 is 0. The van der Waals surface area contributed by atoms with Gasteiger partial charge in [0.25, 0.3) is 0 Å². The number of ether oxygens (including phenoxy) is 1. The van der Waals surface area contributed by atoms with Crippen LogP contribution in [0.3, 0.4) is 0 Å². The van der Waals surface area contributed by atoms with Gasteiger partial charge < -0.3 is 4.74 Å². The topological polar surface area (TPSA) is 12.5 Å². The fraction of sp³-hybridized carbons (Fsp3) is 1.00. The van der Waals surface area contributed by atoms with E-state index in [2.05, 4.69) is 0 Å². The first kappa shape index (κ1) is 6.47. The molecule has 1 spiro atoms. The zero-order chi connectivity index (χ0) is 7.31. The van der Waals surface area contributed by atoms with Crippen molar-refractivity contribution < 1.29 is 4.74 Å². The number of fused-ring (bicyclic) bond motifs is 2. The highest BCUT2D eigenvalue weighted by atomic mass is 16.6. The summed E-state index contributed by atoms with van der Waals surface area (Å²) in [7, 11) is 0. The molecule has 0 aromatic rings. The Balaban J connectivity index is 1.84. The molecule has 3 fully saturated rings. The molecule has 2 aliphatic carbocycles. The predicted molar refractivity (Wildman–Crippen MR) is 43.4 cm³/mol. The standard InChI is InChI=1S/C10H16O/c1-2-6-10(5-1)7-3-4-8-9(10)11-8/h8-9H,1-7H2/t8-,9+/m1/s1. The Morgan fingerprint density at radius 3 is 2.55 bits per heavy atom. The summed E-state index contributed by atoms with van der Waals surface area (Å²) in [6.07, 6.45) is 11.5. The Morgan fingerprint density at radius 1 is 1.00 bits per heavy atom. The SMILES string of the molecule is C1CCC2(C1)CCC[C@H]1O[C@@H]12. The summed E-state index contributed by atoms with van der Waals surface area (Å²) in [5.74, 6) is 0. The largest absolute Gasteiger partial charge is 0.369 e. The van der Waals surface area contributed by atoms with Crippen LogP contribution in [0.4, 0.5) is 0 Å². The van der Waals surface area contributed by atoms with Crippen LogP contribution < -0.4 is 0 Å². The van der Waals surface area contributed by atoms with E-state index in [4.69, 9.17) is 4.74 Å². The number of hydrogen-bond acceptors (Lipinski definition) is 1. The maximum absolute atomic E-state index is 5.72. The summed E-state index contributed by atoms with van der Waals surface area (Å²) in [4.78, 5) is 0. The second-order valence-electron chi connectivity index (χ2n) is 4.56. The van der Waals surface area contributed by atoms with Crippen molar-refractivity contribution in [3.63, 3.8) is 0 Å². The van der Waals surface area contributed by atoms with Crippen LogP contribution in [0.25, 0.3) is 0 Å². The fourth-order valence-electron chi connectivity index (χ4n) is 3.31. The number of rotatable bonds is 0. The highest BCUT2D eigenvalue weighted by molar-refractivity contribution is 5.05. The lowest BCUT2D eigenvalue weighted by molar-refractivity contribution is 0.185. The van der Waals surface area contributed by atoms with E-state index >= 15 is 0 Å². The molecule has 11 heavy (non-hydrogen) atoms. The third-order valence-electron chi connectivity index (χ3n) is 3.95. The quantitative estimate of drug-likeness (QED) is 0.486. The molecule has 0 N–H and O–H groups in total. The molecular weight excluding hydrogens is 136 g/mol. The van der Waals surface area contributed by atoms with E-state index in [-0.39, 0.29) is 0 Å². The molecule has 0 bridgehead atoms. The molecule has 0 unspecified atom stereocenters. The number of hydrogen-bond donors (Lipinski definition) is 0. The maximum atomic E-state index is 5.72. The second-order valence-corrected chi connectivity index (χ2v) is 4.56. The van der Waals surface area contributed by atoms with Gasteiger partial charge in [0.1, 0.15) is 0 Å². The van der Waals surface area contributed by atoms with E-state index < -0.39 is 0 Å². The van der Waals surface area contributed by atoms with Gasteiger partial charge in [-0.05, 0) is 31.1 Å². The van der Waals surface area contributed by atoms with Crippen LogP contribution in [0.5, 0.6) is 0 Å². The first-order valence-corrected chi connectivity index (χ1v) is 5.06. The minimum Gasteiger partial charge on any atom is -0.369 e. The van der Waals surface area contributed by atoms with Crippen molar-refractivity contribution in [2.75, 3.05) is 0 Å². The van der Waals surface area contributed by atoms with E-state index in [1.807, 2.05) is 0 Å². The Hall–Kier alpha value is -0.0400. The van der Waals surface area contributed by atoms with Gasteiger partial charge in [-0.2, -0.15) is 0 Å². The molecule has 1 aliphatic heterocycles. The lowest BCUT2D eigenvalue weighted by Crippen LogP contribution is -2.28.